The molecular weight excluding hydrogens is 432 g/mol. The molecule has 3 nitrogen and oxygen atoms in total. The van der Waals surface area contributed by atoms with Gasteiger partial charge in [-0.1, -0.05) is 38.1 Å². The van der Waals surface area contributed by atoms with Crippen LogP contribution in [0.1, 0.15) is 59.5 Å². The van der Waals surface area contributed by atoms with E-state index < -0.39 is 0 Å². The minimum Gasteiger partial charge on any atom is -0.465 e. The van der Waals surface area contributed by atoms with Gasteiger partial charge in [0.25, 0.3) is 0 Å². The van der Waals surface area contributed by atoms with Crippen molar-refractivity contribution in [1.29, 1.82) is 0 Å². The Morgan fingerprint density at radius 3 is 1.86 bits per heavy atom. The van der Waals surface area contributed by atoms with Gasteiger partial charge in [0.1, 0.15) is 11.5 Å². The predicted molar refractivity (Wildman–Crippen MR) is 144 cm³/mol. The molecule has 3 heteroatoms. The van der Waals surface area contributed by atoms with Crippen molar-refractivity contribution >= 4 is 24.3 Å². The van der Waals surface area contributed by atoms with E-state index in [1.165, 1.54) is 33.4 Å². The molecule has 0 spiro atoms. The molecule has 0 N–H and O–H groups in total. The molecular formula is C32H29O3+. The highest BCUT2D eigenvalue weighted by molar-refractivity contribution is 5.91. The van der Waals surface area contributed by atoms with E-state index in [1.54, 1.807) is 12.5 Å². The number of fused-ring (bicyclic) bond motifs is 1. The zero-order valence-corrected chi connectivity index (χ0v) is 20.5. The lowest BCUT2D eigenvalue weighted by Crippen LogP contribution is -1.86. The van der Waals surface area contributed by atoms with Crippen molar-refractivity contribution in [2.45, 2.75) is 33.6 Å². The molecule has 2 aliphatic rings. The second kappa shape index (κ2) is 9.63. The summed E-state index contributed by atoms with van der Waals surface area (Å²) in [6.45, 7) is 8.86. The minimum absolute atomic E-state index is 0.468. The van der Waals surface area contributed by atoms with Gasteiger partial charge in [-0.25, -0.2) is 4.42 Å². The third kappa shape index (κ3) is 4.90. The molecule has 0 unspecified atom stereocenters. The van der Waals surface area contributed by atoms with Crippen molar-refractivity contribution in [1.82, 2.24) is 0 Å². The molecule has 174 valence electrons. The van der Waals surface area contributed by atoms with E-state index >= 15 is 0 Å². The number of rotatable bonds is 6. The Bertz CT molecular complexity index is 1400. The largest absolute Gasteiger partial charge is 0.465 e. The van der Waals surface area contributed by atoms with Gasteiger partial charge < -0.3 is 8.83 Å². The quantitative estimate of drug-likeness (QED) is 0.236. The van der Waals surface area contributed by atoms with Crippen molar-refractivity contribution < 1.29 is 13.3 Å². The smallest absolute Gasteiger partial charge is 0.354 e. The maximum absolute atomic E-state index is 6.20. The molecule has 3 heterocycles. The van der Waals surface area contributed by atoms with E-state index in [-0.39, 0.29) is 0 Å². The zero-order chi connectivity index (χ0) is 24.4. The van der Waals surface area contributed by atoms with E-state index in [4.69, 9.17) is 13.3 Å². The Labute approximate surface area is 206 Å². The monoisotopic (exact) mass is 461 g/mol. The first-order valence-electron chi connectivity index (χ1n) is 11.9. The number of hydrogen-bond acceptors (Lipinski definition) is 2. The standard InChI is InChI=1S/C32H29O3/c1-21(2)24-10-9-22(3)32-30(20-24)23(4)17-31(32)25-18-28(13-11-26-7-5-15-33-26)35-29(19-25)14-12-27-8-6-16-34-27/h5-21H,1-4H3/q+1. The van der Waals surface area contributed by atoms with Crippen LogP contribution >= 0.6 is 0 Å². The van der Waals surface area contributed by atoms with Crippen LogP contribution in [0.2, 0.25) is 0 Å². The third-order valence-corrected chi connectivity index (χ3v) is 6.27. The Morgan fingerprint density at radius 2 is 1.31 bits per heavy atom. The van der Waals surface area contributed by atoms with E-state index in [2.05, 4.69) is 64.1 Å². The topological polar surface area (TPSA) is 37.6 Å². The Morgan fingerprint density at radius 1 is 0.686 bits per heavy atom. The van der Waals surface area contributed by atoms with Crippen LogP contribution < -0.4 is 0 Å². The van der Waals surface area contributed by atoms with E-state index in [0.29, 0.717) is 5.92 Å². The van der Waals surface area contributed by atoms with Gasteiger partial charge in [0.2, 0.25) is 0 Å². The molecule has 0 amide bonds. The molecule has 0 saturated heterocycles. The first-order valence-corrected chi connectivity index (χ1v) is 11.9. The fraction of sp³-hybridized carbons (Fsp3) is 0.156. The molecule has 3 aromatic heterocycles. The highest BCUT2D eigenvalue weighted by Crippen LogP contribution is 2.42. The van der Waals surface area contributed by atoms with Crippen LogP contribution in [0.15, 0.2) is 86.4 Å². The summed E-state index contributed by atoms with van der Waals surface area (Å²) in [5, 5.41) is 0. The van der Waals surface area contributed by atoms with Crippen molar-refractivity contribution in [3.05, 3.63) is 113 Å². The minimum atomic E-state index is 0.468. The Kier molecular flexibility index (Phi) is 6.24. The van der Waals surface area contributed by atoms with Crippen LogP contribution in [0.25, 0.3) is 46.6 Å². The fourth-order valence-electron chi connectivity index (χ4n) is 4.39. The van der Waals surface area contributed by atoms with Gasteiger partial charge in [-0.05, 0) is 89.6 Å². The van der Waals surface area contributed by atoms with E-state index in [9.17, 15) is 0 Å². The van der Waals surface area contributed by atoms with Gasteiger partial charge in [-0.15, -0.1) is 0 Å². The maximum atomic E-state index is 6.20. The van der Waals surface area contributed by atoms with E-state index in [1.807, 2.05) is 48.6 Å². The van der Waals surface area contributed by atoms with Crippen molar-refractivity contribution in [2.75, 3.05) is 0 Å². The zero-order valence-electron chi connectivity index (χ0n) is 20.5. The maximum Gasteiger partial charge on any atom is 0.354 e. The molecule has 5 rings (SSSR count). The first-order chi connectivity index (χ1) is 17.0. The highest BCUT2D eigenvalue weighted by Gasteiger charge is 2.21. The molecule has 0 aliphatic heterocycles. The summed E-state index contributed by atoms with van der Waals surface area (Å²) < 4.78 is 17.1. The highest BCUT2D eigenvalue weighted by atomic mass is 16.3. The van der Waals surface area contributed by atoms with Crippen molar-refractivity contribution in [3.63, 3.8) is 0 Å². The summed E-state index contributed by atoms with van der Waals surface area (Å²) in [4.78, 5) is 0. The Hall–Kier alpha value is -4.11. The SMILES string of the molecule is Cc1cc(-c2cc(/C=C/c3ccco3)[o+]c(/C=C/c3ccco3)c2)c2c(C)ccc(C(C)C)cc1-2. The number of aryl methyl sites for hydroxylation is 2. The normalized spacial score (nSPS) is 12.0. The third-order valence-electron chi connectivity index (χ3n) is 6.27. The van der Waals surface area contributed by atoms with Gasteiger partial charge in [0.05, 0.1) is 24.7 Å². The molecule has 0 radical (unpaired) electrons. The van der Waals surface area contributed by atoms with Gasteiger partial charge in [0.15, 0.2) is 0 Å². The second-order valence-corrected chi connectivity index (χ2v) is 9.19. The lowest BCUT2D eigenvalue weighted by Gasteiger charge is -2.06. The van der Waals surface area contributed by atoms with Crippen LogP contribution in [0.5, 0.6) is 0 Å². The summed E-state index contributed by atoms with van der Waals surface area (Å²) in [5.41, 5.74) is 8.77. The van der Waals surface area contributed by atoms with E-state index in [0.717, 1.165) is 28.6 Å². The lowest BCUT2D eigenvalue weighted by atomic mass is 9.97. The molecule has 3 aromatic rings. The fourth-order valence-corrected chi connectivity index (χ4v) is 4.39. The summed E-state index contributed by atoms with van der Waals surface area (Å²) >= 11 is 0. The van der Waals surface area contributed by atoms with Crippen LogP contribution in [0.4, 0.5) is 0 Å². The predicted octanol–water partition coefficient (Wildman–Crippen LogP) is 9.60. The number of hydrogen-bond donors (Lipinski definition) is 0. The summed E-state index contributed by atoms with van der Waals surface area (Å²) in [6.07, 6.45) is 11.0. The summed E-state index contributed by atoms with van der Waals surface area (Å²) in [5.74, 6) is 3.50. The van der Waals surface area contributed by atoms with Crippen molar-refractivity contribution in [2.24, 2.45) is 0 Å². The average molecular weight is 462 g/mol. The molecule has 0 fully saturated rings. The first kappa shape index (κ1) is 22.7. The molecule has 0 saturated carbocycles. The van der Waals surface area contributed by atoms with Crippen LogP contribution in [0, 0.1) is 13.8 Å². The van der Waals surface area contributed by atoms with Crippen LogP contribution in [-0.4, -0.2) is 0 Å². The molecule has 0 atom stereocenters. The molecule has 2 aliphatic carbocycles. The van der Waals surface area contributed by atoms with Crippen LogP contribution in [-0.2, 0) is 0 Å². The average Bonchev–Trinajstić information content (AvgIpc) is 3.59. The summed E-state index contributed by atoms with van der Waals surface area (Å²) in [6, 6.07) is 20.9. The second-order valence-electron chi connectivity index (χ2n) is 9.19. The molecule has 35 heavy (non-hydrogen) atoms. The van der Waals surface area contributed by atoms with Gasteiger partial charge in [-0.3, -0.25) is 0 Å². The van der Waals surface area contributed by atoms with Crippen LogP contribution in [0.3, 0.4) is 0 Å². The molecule has 0 bridgehead atoms. The van der Waals surface area contributed by atoms with Crippen molar-refractivity contribution in [3.8, 4) is 22.3 Å². The lowest BCUT2D eigenvalue weighted by molar-refractivity contribution is 0.529. The van der Waals surface area contributed by atoms with Gasteiger partial charge in [0, 0.05) is 17.7 Å². The number of furan rings is 2. The van der Waals surface area contributed by atoms with Gasteiger partial charge in [-0.2, -0.15) is 0 Å². The van der Waals surface area contributed by atoms with Gasteiger partial charge >= 0.3 is 11.5 Å². The Balaban J connectivity index is 1.64. The molecule has 0 aromatic carbocycles. The summed E-state index contributed by atoms with van der Waals surface area (Å²) in [7, 11) is 0.